The highest BCUT2D eigenvalue weighted by molar-refractivity contribution is 5.69. The Kier molecular flexibility index (Phi) is 9.28. The third-order valence-electron chi connectivity index (χ3n) is 6.61. The zero-order chi connectivity index (χ0) is 30.3. The van der Waals surface area contributed by atoms with E-state index in [4.69, 9.17) is 52.1 Å². The summed E-state index contributed by atoms with van der Waals surface area (Å²) >= 11 is 0. The molecule has 0 aromatic rings. The van der Waals surface area contributed by atoms with Crippen LogP contribution < -0.4 is 0 Å². The third kappa shape index (κ3) is 7.52. The number of hydrogen-bond donors (Lipinski definition) is 0. The summed E-state index contributed by atoms with van der Waals surface area (Å²) in [6.45, 7) is 11.0. The molecule has 4 rings (SSSR count). The van der Waals surface area contributed by atoms with Crippen LogP contribution in [0.15, 0.2) is 0 Å². The Morgan fingerprint density at radius 1 is 0.659 bits per heavy atom. The highest BCUT2D eigenvalue weighted by Gasteiger charge is 2.61. The predicted octanol–water partition coefficient (Wildman–Crippen LogP) is 0.483. The minimum absolute atomic E-state index is 0.181. The Bertz CT molecular complexity index is 1010. The van der Waals surface area contributed by atoms with Crippen molar-refractivity contribution in [3.8, 4) is 0 Å². The standard InChI is InChI=1S/C26H38O15/c1-11(27)33-15-9-31-23(21(36-14(4)30)19(35-13(3)29)17(15)34-12(2)28)32-10-16-18-20(39-25(5,6)38-18)22-24(37-16)41-26(7,8)40-22/h15-24H,9-10H2,1-8H3/t15-,16-,17+,18+,19+,20+,21-,22-,23+,24-/m1/s1. The molecule has 4 saturated heterocycles. The lowest BCUT2D eigenvalue weighted by Crippen LogP contribution is -2.57. The first-order chi connectivity index (χ1) is 19.0. The molecule has 4 fully saturated rings. The van der Waals surface area contributed by atoms with Crippen LogP contribution in [0.5, 0.6) is 0 Å². The van der Waals surface area contributed by atoms with Gasteiger partial charge in [0.15, 0.2) is 48.6 Å². The second-order valence-electron chi connectivity index (χ2n) is 11.1. The number of hydrogen-bond acceptors (Lipinski definition) is 15. The molecular weight excluding hydrogens is 552 g/mol. The number of rotatable bonds is 7. The summed E-state index contributed by atoms with van der Waals surface area (Å²) < 4.78 is 63.9. The molecule has 0 bridgehead atoms. The van der Waals surface area contributed by atoms with Crippen LogP contribution in [0.4, 0.5) is 0 Å². The fraction of sp³-hybridized carbons (Fsp3) is 0.846. The van der Waals surface area contributed by atoms with Crippen molar-refractivity contribution in [3.63, 3.8) is 0 Å². The summed E-state index contributed by atoms with van der Waals surface area (Å²) in [6.07, 6.45) is -10.2. The average molecular weight is 591 g/mol. The second kappa shape index (κ2) is 12.1. The van der Waals surface area contributed by atoms with Crippen LogP contribution in [0.2, 0.25) is 0 Å². The molecular formula is C26H38O15. The Hall–Kier alpha value is -2.40. The van der Waals surface area contributed by atoms with Gasteiger partial charge < -0.3 is 52.1 Å². The van der Waals surface area contributed by atoms with Crippen molar-refractivity contribution in [3.05, 3.63) is 0 Å². The molecule has 4 aliphatic rings. The largest absolute Gasteiger partial charge is 0.456 e. The van der Waals surface area contributed by atoms with Gasteiger partial charge in [-0.25, -0.2) is 0 Å². The molecule has 232 valence electrons. The van der Waals surface area contributed by atoms with Crippen LogP contribution in [-0.4, -0.2) is 110 Å². The first-order valence-corrected chi connectivity index (χ1v) is 13.3. The van der Waals surface area contributed by atoms with Gasteiger partial charge in [-0.15, -0.1) is 0 Å². The topological polar surface area (TPSA) is 170 Å². The SMILES string of the molecule is CC(=O)O[C@H]1[C@@H](OC(C)=O)[C@H](OC(C)=O)CO[C@@H](OC[C@H]2O[C@@H]3OC(C)(C)O[C@@H]3[C@H]3OC(C)(C)O[C@H]32)[C@@H]1OC(C)=O. The van der Waals surface area contributed by atoms with Gasteiger partial charge in [-0.2, -0.15) is 0 Å². The molecule has 0 aliphatic carbocycles. The van der Waals surface area contributed by atoms with Gasteiger partial charge in [0, 0.05) is 27.7 Å². The highest BCUT2D eigenvalue weighted by Crippen LogP contribution is 2.44. The number of carbonyl (C=O) groups is 4. The van der Waals surface area contributed by atoms with Gasteiger partial charge in [0.05, 0.1) is 13.2 Å². The molecule has 15 nitrogen and oxygen atoms in total. The molecule has 0 aromatic carbocycles. The van der Waals surface area contributed by atoms with Crippen molar-refractivity contribution in [2.75, 3.05) is 13.2 Å². The van der Waals surface area contributed by atoms with Gasteiger partial charge in [-0.1, -0.05) is 0 Å². The second-order valence-corrected chi connectivity index (χ2v) is 11.1. The first-order valence-electron chi connectivity index (χ1n) is 13.3. The zero-order valence-corrected chi connectivity index (χ0v) is 24.3. The molecule has 15 heteroatoms. The van der Waals surface area contributed by atoms with E-state index in [1.807, 2.05) is 0 Å². The predicted molar refractivity (Wildman–Crippen MR) is 130 cm³/mol. The lowest BCUT2D eigenvalue weighted by atomic mass is 9.99. The van der Waals surface area contributed by atoms with E-state index in [-0.39, 0.29) is 13.2 Å². The number of ether oxygens (including phenoxy) is 11. The fourth-order valence-electron chi connectivity index (χ4n) is 5.38. The fourth-order valence-corrected chi connectivity index (χ4v) is 5.38. The molecule has 0 saturated carbocycles. The van der Waals surface area contributed by atoms with Crippen molar-refractivity contribution in [2.24, 2.45) is 0 Å². The molecule has 0 aromatic heterocycles. The van der Waals surface area contributed by atoms with Gasteiger partial charge in [0.25, 0.3) is 0 Å². The maximum atomic E-state index is 12.1. The minimum Gasteiger partial charge on any atom is -0.456 e. The molecule has 0 unspecified atom stereocenters. The quantitative estimate of drug-likeness (QED) is 0.296. The van der Waals surface area contributed by atoms with Crippen molar-refractivity contribution in [2.45, 2.75) is 128 Å². The molecule has 0 amide bonds. The molecule has 4 heterocycles. The lowest BCUT2D eigenvalue weighted by Gasteiger charge is -2.38. The Morgan fingerprint density at radius 2 is 1.17 bits per heavy atom. The average Bonchev–Trinajstić information content (AvgIpc) is 3.28. The van der Waals surface area contributed by atoms with E-state index in [2.05, 4.69) is 0 Å². The van der Waals surface area contributed by atoms with E-state index in [0.717, 1.165) is 27.7 Å². The van der Waals surface area contributed by atoms with Gasteiger partial charge in [-0.3, -0.25) is 19.2 Å². The Labute approximate surface area is 237 Å². The Balaban J connectivity index is 1.60. The molecule has 41 heavy (non-hydrogen) atoms. The van der Waals surface area contributed by atoms with E-state index in [9.17, 15) is 19.2 Å². The van der Waals surface area contributed by atoms with E-state index in [0.29, 0.717) is 0 Å². The number of carbonyl (C=O) groups excluding carboxylic acids is 4. The van der Waals surface area contributed by atoms with E-state index in [1.165, 1.54) is 0 Å². The van der Waals surface area contributed by atoms with E-state index in [1.54, 1.807) is 27.7 Å². The molecule has 0 N–H and O–H groups in total. The Morgan fingerprint density at radius 3 is 1.78 bits per heavy atom. The molecule has 4 aliphatic heterocycles. The lowest BCUT2D eigenvalue weighted by molar-refractivity contribution is -0.270. The maximum Gasteiger partial charge on any atom is 0.303 e. The van der Waals surface area contributed by atoms with Crippen LogP contribution >= 0.6 is 0 Å². The molecule has 0 radical (unpaired) electrons. The number of fused-ring (bicyclic) bond motifs is 3. The van der Waals surface area contributed by atoms with Crippen LogP contribution in [0, 0.1) is 0 Å². The van der Waals surface area contributed by atoms with Crippen molar-refractivity contribution in [1.29, 1.82) is 0 Å². The summed E-state index contributed by atoms with van der Waals surface area (Å²) in [5.41, 5.74) is 0. The van der Waals surface area contributed by atoms with Crippen molar-refractivity contribution in [1.82, 2.24) is 0 Å². The third-order valence-corrected chi connectivity index (χ3v) is 6.61. The van der Waals surface area contributed by atoms with Crippen molar-refractivity contribution < 1.29 is 71.3 Å². The summed E-state index contributed by atoms with van der Waals surface area (Å²) in [5.74, 6) is -4.89. The van der Waals surface area contributed by atoms with Crippen molar-refractivity contribution >= 4 is 23.9 Å². The van der Waals surface area contributed by atoms with Crippen LogP contribution in [0.1, 0.15) is 55.4 Å². The smallest absolute Gasteiger partial charge is 0.303 e. The van der Waals surface area contributed by atoms with E-state index >= 15 is 0 Å². The minimum atomic E-state index is -1.46. The van der Waals surface area contributed by atoms with E-state index < -0.39 is 96.9 Å². The summed E-state index contributed by atoms with van der Waals surface area (Å²) in [4.78, 5) is 48.1. The molecule has 0 spiro atoms. The van der Waals surface area contributed by atoms with Crippen LogP contribution in [0.25, 0.3) is 0 Å². The van der Waals surface area contributed by atoms with Crippen LogP contribution in [0.3, 0.4) is 0 Å². The van der Waals surface area contributed by atoms with Gasteiger partial charge >= 0.3 is 23.9 Å². The van der Waals surface area contributed by atoms with Gasteiger partial charge in [-0.05, 0) is 27.7 Å². The maximum absolute atomic E-state index is 12.1. The summed E-state index contributed by atoms with van der Waals surface area (Å²) in [5, 5.41) is 0. The van der Waals surface area contributed by atoms with Gasteiger partial charge in [0.2, 0.25) is 0 Å². The highest BCUT2D eigenvalue weighted by atomic mass is 16.9. The number of esters is 4. The first kappa shape index (κ1) is 31.5. The summed E-state index contributed by atoms with van der Waals surface area (Å²) in [7, 11) is 0. The molecule has 10 atom stereocenters. The van der Waals surface area contributed by atoms with Crippen LogP contribution in [-0.2, 0) is 71.3 Å². The monoisotopic (exact) mass is 590 g/mol. The summed E-state index contributed by atoms with van der Waals surface area (Å²) in [6, 6.07) is 0. The zero-order valence-electron chi connectivity index (χ0n) is 24.3. The normalized spacial score (nSPS) is 39.0. The van der Waals surface area contributed by atoms with Gasteiger partial charge in [0.1, 0.15) is 24.4 Å².